The summed E-state index contributed by atoms with van der Waals surface area (Å²) in [5, 5.41) is 0.604. The molecular weight excluding hydrogens is 360 g/mol. The van der Waals surface area contributed by atoms with Crippen molar-refractivity contribution in [3.8, 4) is 0 Å². The highest BCUT2D eigenvalue weighted by Gasteiger charge is 2.33. The Morgan fingerprint density at radius 2 is 1.84 bits per heavy atom. The van der Waals surface area contributed by atoms with Gasteiger partial charge in [0.2, 0.25) is 15.9 Å². The van der Waals surface area contributed by atoms with Crippen LogP contribution in [0.4, 0.5) is 0 Å². The molecule has 2 saturated heterocycles. The topological polar surface area (TPSA) is 57.7 Å². The minimum absolute atomic E-state index is 0.000509. The molecule has 0 radical (unpaired) electrons. The highest BCUT2D eigenvalue weighted by Crippen LogP contribution is 2.26. The molecule has 2 aliphatic heterocycles. The van der Waals surface area contributed by atoms with Crippen LogP contribution in [0.3, 0.4) is 0 Å². The number of halogens is 1. The molecule has 1 amide bonds. The van der Waals surface area contributed by atoms with Crippen LogP contribution in [0.1, 0.15) is 44.1 Å². The smallest absolute Gasteiger partial charge is 0.222 e. The van der Waals surface area contributed by atoms with Crippen molar-refractivity contribution in [1.82, 2.24) is 9.21 Å². The SMILES string of the molecule is O=C1CCCN1CCC1CCCCN1S(=O)(=O)Cc1ccc(Cl)cc1. The Morgan fingerprint density at radius 3 is 2.52 bits per heavy atom. The van der Waals surface area contributed by atoms with Crippen LogP contribution < -0.4 is 0 Å². The molecule has 25 heavy (non-hydrogen) atoms. The number of benzene rings is 1. The van der Waals surface area contributed by atoms with Crippen LogP contribution in [0.25, 0.3) is 0 Å². The molecule has 138 valence electrons. The summed E-state index contributed by atoms with van der Waals surface area (Å²) >= 11 is 5.88. The first-order chi connectivity index (χ1) is 12.0. The van der Waals surface area contributed by atoms with E-state index in [1.165, 1.54) is 0 Å². The van der Waals surface area contributed by atoms with Gasteiger partial charge < -0.3 is 4.90 Å². The lowest BCUT2D eigenvalue weighted by atomic mass is 10.0. The van der Waals surface area contributed by atoms with Gasteiger partial charge in [0.1, 0.15) is 0 Å². The summed E-state index contributed by atoms with van der Waals surface area (Å²) in [6, 6.07) is 6.97. The summed E-state index contributed by atoms with van der Waals surface area (Å²) in [4.78, 5) is 13.7. The second kappa shape index (κ2) is 8.06. The Bertz CT molecular complexity index is 706. The van der Waals surface area contributed by atoms with Gasteiger partial charge in [0.05, 0.1) is 5.75 Å². The first-order valence-electron chi connectivity index (χ1n) is 8.97. The zero-order valence-electron chi connectivity index (χ0n) is 14.4. The number of carbonyl (C=O) groups is 1. The third kappa shape index (κ3) is 4.74. The normalized spacial score (nSPS) is 22.5. The summed E-state index contributed by atoms with van der Waals surface area (Å²) in [5.74, 6) is 0.204. The van der Waals surface area contributed by atoms with Gasteiger partial charge in [-0.3, -0.25) is 4.79 Å². The lowest BCUT2D eigenvalue weighted by molar-refractivity contribution is -0.127. The van der Waals surface area contributed by atoms with Crippen LogP contribution in [-0.2, 0) is 20.6 Å². The Morgan fingerprint density at radius 1 is 1.08 bits per heavy atom. The summed E-state index contributed by atoms with van der Waals surface area (Å²) < 4.78 is 27.5. The molecule has 0 aromatic heterocycles. The van der Waals surface area contributed by atoms with Crippen LogP contribution in [0.5, 0.6) is 0 Å². The van der Waals surface area contributed by atoms with Crippen LogP contribution in [0.15, 0.2) is 24.3 Å². The molecule has 2 fully saturated rings. The van der Waals surface area contributed by atoms with Gasteiger partial charge in [0.15, 0.2) is 0 Å². The fraction of sp³-hybridized carbons (Fsp3) is 0.611. The molecule has 1 aromatic carbocycles. The zero-order chi connectivity index (χ0) is 17.9. The molecular formula is C18H25ClN2O3S. The Kier molecular flexibility index (Phi) is 6.02. The van der Waals surface area contributed by atoms with E-state index < -0.39 is 10.0 Å². The van der Waals surface area contributed by atoms with E-state index in [0.29, 0.717) is 24.5 Å². The van der Waals surface area contributed by atoms with Crippen molar-refractivity contribution < 1.29 is 13.2 Å². The molecule has 2 heterocycles. The Balaban J connectivity index is 1.66. The maximum absolute atomic E-state index is 12.9. The minimum Gasteiger partial charge on any atom is -0.343 e. The highest BCUT2D eigenvalue weighted by atomic mass is 35.5. The van der Waals surface area contributed by atoms with Gasteiger partial charge in [-0.1, -0.05) is 30.2 Å². The lowest BCUT2D eigenvalue weighted by Gasteiger charge is -2.35. The number of carbonyl (C=O) groups excluding carboxylic acids is 1. The molecule has 3 rings (SSSR count). The molecule has 0 saturated carbocycles. The van der Waals surface area contributed by atoms with Crippen molar-refractivity contribution in [2.75, 3.05) is 19.6 Å². The monoisotopic (exact) mass is 384 g/mol. The number of hydrogen-bond acceptors (Lipinski definition) is 3. The Labute approximate surface area is 155 Å². The molecule has 2 aliphatic rings. The third-order valence-corrected chi connectivity index (χ3v) is 7.24. The van der Waals surface area contributed by atoms with Gasteiger partial charge in [-0.25, -0.2) is 8.42 Å². The number of nitrogens with zero attached hydrogens (tertiary/aromatic N) is 2. The summed E-state index contributed by atoms with van der Waals surface area (Å²) in [7, 11) is -3.37. The van der Waals surface area contributed by atoms with E-state index in [2.05, 4.69) is 0 Å². The molecule has 7 heteroatoms. The van der Waals surface area contributed by atoms with Crippen LogP contribution >= 0.6 is 11.6 Å². The van der Waals surface area contributed by atoms with Crippen LogP contribution in [0, 0.1) is 0 Å². The molecule has 0 bridgehead atoms. The second-order valence-electron chi connectivity index (χ2n) is 6.92. The molecule has 1 unspecified atom stereocenters. The summed E-state index contributed by atoms with van der Waals surface area (Å²) in [5.41, 5.74) is 0.753. The molecule has 0 aliphatic carbocycles. The van der Waals surface area contributed by atoms with Gasteiger partial charge in [0.25, 0.3) is 0 Å². The highest BCUT2D eigenvalue weighted by molar-refractivity contribution is 7.88. The van der Waals surface area contributed by atoms with Crippen molar-refractivity contribution in [2.24, 2.45) is 0 Å². The molecule has 1 atom stereocenters. The van der Waals surface area contributed by atoms with E-state index in [1.807, 2.05) is 4.90 Å². The maximum Gasteiger partial charge on any atom is 0.222 e. The molecule has 0 spiro atoms. The fourth-order valence-corrected chi connectivity index (χ4v) is 5.73. The van der Waals surface area contributed by atoms with Crippen molar-refractivity contribution in [1.29, 1.82) is 0 Å². The van der Waals surface area contributed by atoms with E-state index >= 15 is 0 Å². The van der Waals surface area contributed by atoms with E-state index in [1.54, 1.807) is 28.6 Å². The van der Waals surface area contributed by atoms with Gasteiger partial charge in [0, 0.05) is 37.1 Å². The first-order valence-corrected chi connectivity index (χ1v) is 11.0. The van der Waals surface area contributed by atoms with Crippen molar-refractivity contribution in [3.05, 3.63) is 34.9 Å². The third-order valence-electron chi connectivity index (χ3n) is 5.10. The average molecular weight is 385 g/mol. The van der Waals surface area contributed by atoms with Gasteiger partial charge in [-0.2, -0.15) is 4.31 Å². The standard InChI is InChI=1S/C18H25ClN2O3S/c19-16-8-6-15(7-9-16)14-25(23,24)21-12-2-1-4-17(21)10-13-20-11-3-5-18(20)22/h6-9,17H,1-5,10-14H2. The molecule has 5 nitrogen and oxygen atoms in total. The number of piperidine rings is 1. The number of hydrogen-bond donors (Lipinski definition) is 0. The van der Waals surface area contributed by atoms with Crippen molar-refractivity contribution in [2.45, 2.75) is 50.3 Å². The largest absolute Gasteiger partial charge is 0.343 e. The minimum atomic E-state index is -3.37. The van der Waals surface area contributed by atoms with Gasteiger partial charge >= 0.3 is 0 Å². The number of likely N-dealkylation sites (tertiary alicyclic amines) is 1. The average Bonchev–Trinajstić information content (AvgIpc) is 3.00. The molecule has 1 aromatic rings. The van der Waals surface area contributed by atoms with Gasteiger partial charge in [-0.15, -0.1) is 0 Å². The quantitative estimate of drug-likeness (QED) is 0.757. The molecule has 0 N–H and O–H groups in total. The lowest BCUT2D eigenvalue weighted by Crippen LogP contribution is -2.45. The zero-order valence-corrected chi connectivity index (χ0v) is 15.9. The van der Waals surface area contributed by atoms with Crippen LogP contribution in [0.2, 0.25) is 5.02 Å². The first kappa shape index (κ1) is 18.7. The number of amides is 1. The maximum atomic E-state index is 12.9. The van der Waals surface area contributed by atoms with E-state index in [0.717, 1.165) is 44.2 Å². The summed E-state index contributed by atoms with van der Waals surface area (Å²) in [6.07, 6.45) is 5.10. The number of rotatable bonds is 6. The fourth-order valence-electron chi connectivity index (χ4n) is 3.75. The Hall–Kier alpha value is -1.11. The van der Waals surface area contributed by atoms with Crippen LogP contribution in [-0.4, -0.2) is 49.2 Å². The predicted molar refractivity (Wildman–Crippen MR) is 98.9 cm³/mol. The summed E-state index contributed by atoms with van der Waals surface area (Å²) in [6.45, 7) is 2.05. The van der Waals surface area contributed by atoms with Gasteiger partial charge in [-0.05, 0) is 43.4 Å². The van der Waals surface area contributed by atoms with E-state index in [-0.39, 0.29) is 17.7 Å². The van der Waals surface area contributed by atoms with E-state index in [9.17, 15) is 13.2 Å². The van der Waals surface area contributed by atoms with Crippen molar-refractivity contribution in [3.63, 3.8) is 0 Å². The van der Waals surface area contributed by atoms with Crippen molar-refractivity contribution >= 4 is 27.5 Å². The second-order valence-corrected chi connectivity index (χ2v) is 9.27. The number of sulfonamides is 1. The van der Waals surface area contributed by atoms with E-state index in [4.69, 9.17) is 11.6 Å². The predicted octanol–water partition coefficient (Wildman–Crippen LogP) is 3.04.